The van der Waals surface area contributed by atoms with Crippen LogP contribution in [0.3, 0.4) is 0 Å². The first-order valence-electron chi connectivity index (χ1n) is 6.11. The number of quaternary nitrogens is 1. The number of nitrogens with zero attached hydrogens (tertiary/aromatic N) is 1. The van der Waals surface area contributed by atoms with E-state index in [0.717, 1.165) is 28.7 Å². The van der Waals surface area contributed by atoms with Crippen LogP contribution in [-0.2, 0) is 22.7 Å². The third kappa shape index (κ3) is 3.12. The zero-order chi connectivity index (χ0) is 14.2. The molecule has 0 saturated heterocycles. The van der Waals surface area contributed by atoms with E-state index in [-0.39, 0.29) is 0 Å². The van der Waals surface area contributed by atoms with Crippen LogP contribution in [0.4, 0.5) is 0 Å². The molecule has 102 valence electrons. The van der Waals surface area contributed by atoms with Gasteiger partial charge in [0.2, 0.25) is 0 Å². The van der Waals surface area contributed by atoms with Crippen molar-refractivity contribution in [2.24, 2.45) is 0 Å². The minimum Gasteiger partial charge on any atom is -0.423 e. The number of hydrogen-bond donors (Lipinski definition) is 0. The van der Waals surface area contributed by atoms with E-state index in [1.165, 1.54) is 13.8 Å². The Balaban J connectivity index is 2.42. The number of carbonyl (C=O) groups is 2. The molecule has 1 aliphatic rings. The number of ether oxygens (including phenoxy) is 2. The smallest absolute Gasteiger partial charge is 0.308 e. The normalized spacial score (nSPS) is 15.8. The topological polar surface area (TPSA) is 52.6 Å². The summed E-state index contributed by atoms with van der Waals surface area (Å²) < 4.78 is 11.1. The molecule has 2 rings (SSSR count). The molecule has 0 bridgehead atoms. The van der Waals surface area contributed by atoms with Gasteiger partial charge in [-0.25, -0.2) is 0 Å². The molecule has 0 amide bonds. The zero-order valence-corrected chi connectivity index (χ0v) is 11.6. The third-order valence-corrected chi connectivity index (χ3v) is 2.97. The second-order valence-corrected chi connectivity index (χ2v) is 5.51. The second kappa shape index (κ2) is 4.66. The molecule has 0 fully saturated rings. The predicted molar refractivity (Wildman–Crippen MR) is 68.6 cm³/mol. The van der Waals surface area contributed by atoms with Crippen LogP contribution in [0.15, 0.2) is 12.1 Å². The lowest BCUT2D eigenvalue weighted by Gasteiger charge is -2.22. The highest BCUT2D eigenvalue weighted by Crippen LogP contribution is 2.37. The molecule has 0 aromatic heterocycles. The Morgan fingerprint density at radius 3 is 1.63 bits per heavy atom. The van der Waals surface area contributed by atoms with Gasteiger partial charge in [0.25, 0.3) is 0 Å². The Hall–Kier alpha value is -1.88. The van der Waals surface area contributed by atoms with E-state index in [2.05, 4.69) is 14.1 Å². The van der Waals surface area contributed by atoms with E-state index in [1.54, 1.807) is 12.1 Å². The minimum atomic E-state index is -0.430. The molecule has 5 heteroatoms. The van der Waals surface area contributed by atoms with Crippen molar-refractivity contribution in [3.63, 3.8) is 0 Å². The molecule has 1 aliphatic heterocycles. The molecule has 0 aliphatic carbocycles. The Morgan fingerprint density at radius 1 is 0.947 bits per heavy atom. The van der Waals surface area contributed by atoms with Crippen LogP contribution >= 0.6 is 0 Å². The summed E-state index contributed by atoms with van der Waals surface area (Å²) in [5, 5.41) is 0. The summed E-state index contributed by atoms with van der Waals surface area (Å²) in [6.07, 6.45) is 0. The standard InChI is InChI=1S/C14H18NO4/c1-9(16)18-13-5-11-7-15(3,4)8-12(11)6-14(13)19-10(2)17/h5-6H,7-8H2,1-4H3/q+1. The maximum atomic E-state index is 11.1. The molecule has 0 N–H and O–H groups in total. The van der Waals surface area contributed by atoms with Crippen molar-refractivity contribution in [1.82, 2.24) is 0 Å². The summed E-state index contributed by atoms with van der Waals surface area (Å²) in [5.41, 5.74) is 2.24. The molecule has 19 heavy (non-hydrogen) atoms. The van der Waals surface area contributed by atoms with Gasteiger partial charge < -0.3 is 14.0 Å². The molecule has 1 aromatic rings. The number of rotatable bonds is 2. The van der Waals surface area contributed by atoms with Crippen LogP contribution in [0.2, 0.25) is 0 Å². The van der Waals surface area contributed by atoms with E-state index >= 15 is 0 Å². The Labute approximate surface area is 112 Å². The van der Waals surface area contributed by atoms with Crippen LogP contribution in [0.25, 0.3) is 0 Å². The summed E-state index contributed by atoms with van der Waals surface area (Å²) in [4.78, 5) is 22.2. The first-order valence-corrected chi connectivity index (χ1v) is 6.11. The van der Waals surface area contributed by atoms with Crippen LogP contribution in [0.1, 0.15) is 25.0 Å². The lowest BCUT2D eigenvalue weighted by atomic mass is 10.1. The maximum absolute atomic E-state index is 11.1. The van der Waals surface area contributed by atoms with Gasteiger partial charge >= 0.3 is 11.9 Å². The number of esters is 2. The number of fused-ring (bicyclic) bond motifs is 1. The molecule has 0 atom stereocenters. The monoisotopic (exact) mass is 264 g/mol. The fraction of sp³-hybridized carbons (Fsp3) is 0.429. The molecule has 0 unspecified atom stereocenters. The van der Waals surface area contributed by atoms with Crippen molar-refractivity contribution < 1.29 is 23.5 Å². The van der Waals surface area contributed by atoms with Gasteiger partial charge in [0.15, 0.2) is 11.5 Å². The zero-order valence-electron chi connectivity index (χ0n) is 11.6. The molecular weight excluding hydrogens is 246 g/mol. The number of benzene rings is 1. The third-order valence-electron chi connectivity index (χ3n) is 2.97. The lowest BCUT2D eigenvalue weighted by Crippen LogP contribution is -2.32. The van der Waals surface area contributed by atoms with Crippen molar-refractivity contribution in [2.45, 2.75) is 26.9 Å². The Kier molecular flexibility index (Phi) is 3.32. The Bertz CT molecular complexity index is 502. The molecule has 0 spiro atoms. The van der Waals surface area contributed by atoms with Gasteiger partial charge in [-0.15, -0.1) is 0 Å². The van der Waals surface area contributed by atoms with E-state index < -0.39 is 11.9 Å². The van der Waals surface area contributed by atoms with E-state index in [0.29, 0.717) is 11.5 Å². The van der Waals surface area contributed by atoms with Gasteiger partial charge in [-0.3, -0.25) is 9.59 Å². The number of hydrogen-bond acceptors (Lipinski definition) is 4. The van der Waals surface area contributed by atoms with Crippen molar-refractivity contribution in [3.8, 4) is 11.5 Å². The SMILES string of the molecule is CC(=O)Oc1cc2c(cc1OC(C)=O)C[N+](C)(C)C2. The van der Waals surface area contributed by atoms with E-state index in [1.807, 2.05) is 0 Å². The average molecular weight is 264 g/mol. The van der Waals surface area contributed by atoms with Crippen molar-refractivity contribution in [1.29, 1.82) is 0 Å². The van der Waals surface area contributed by atoms with Gasteiger partial charge in [-0.2, -0.15) is 0 Å². The van der Waals surface area contributed by atoms with Gasteiger partial charge in [-0.05, 0) is 12.1 Å². The molecule has 5 nitrogen and oxygen atoms in total. The van der Waals surface area contributed by atoms with Crippen LogP contribution < -0.4 is 9.47 Å². The first kappa shape index (κ1) is 13.5. The first-order chi connectivity index (χ1) is 8.77. The predicted octanol–water partition coefficient (Wildman–Crippen LogP) is 1.63. The lowest BCUT2D eigenvalue weighted by molar-refractivity contribution is -0.910. The summed E-state index contributed by atoms with van der Waals surface area (Å²) in [7, 11) is 4.24. The minimum absolute atomic E-state index is 0.309. The summed E-state index contributed by atoms with van der Waals surface area (Å²) in [6.45, 7) is 4.38. The quantitative estimate of drug-likeness (QED) is 0.463. The van der Waals surface area contributed by atoms with Crippen LogP contribution in [0.5, 0.6) is 11.5 Å². The van der Waals surface area contributed by atoms with E-state index in [4.69, 9.17) is 9.47 Å². The maximum Gasteiger partial charge on any atom is 0.308 e. The second-order valence-electron chi connectivity index (χ2n) is 5.51. The summed E-state index contributed by atoms with van der Waals surface area (Å²) in [5.74, 6) is -0.244. The number of carbonyl (C=O) groups excluding carboxylic acids is 2. The molecule has 1 heterocycles. The van der Waals surface area contributed by atoms with Crippen molar-refractivity contribution in [2.75, 3.05) is 14.1 Å². The van der Waals surface area contributed by atoms with E-state index in [9.17, 15) is 9.59 Å². The van der Waals surface area contributed by atoms with Crippen molar-refractivity contribution in [3.05, 3.63) is 23.3 Å². The van der Waals surface area contributed by atoms with Gasteiger partial charge in [0.05, 0.1) is 14.1 Å². The highest BCUT2D eigenvalue weighted by Gasteiger charge is 2.30. The molecular formula is C14H18NO4+. The largest absolute Gasteiger partial charge is 0.423 e. The highest BCUT2D eigenvalue weighted by molar-refractivity contribution is 5.74. The Morgan fingerprint density at radius 2 is 1.32 bits per heavy atom. The van der Waals surface area contributed by atoms with Gasteiger partial charge in [-0.1, -0.05) is 0 Å². The van der Waals surface area contributed by atoms with Crippen molar-refractivity contribution >= 4 is 11.9 Å². The van der Waals surface area contributed by atoms with Crippen LogP contribution in [0, 0.1) is 0 Å². The molecule has 1 aromatic carbocycles. The summed E-state index contributed by atoms with van der Waals surface area (Å²) in [6, 6.07) is 3.59. The highest BCUT2D eigenvalue weighted by atomic mass is 16.6. The van der Waals surface area contributed by atoms with Gasteiger partial charge in [0, 0.05) is 25.0 Å². The average Bonchev–Trinajstić information content (AvgIpc) is 2.50. The van der Waals surface area contributed by atoms with Gasteiger partial charge in [0.1, 0.15) is 13.1 Å². The molecule has 0 saturated carbocycles. The van der Waals surface area contributed by atoms with Crippen LogP contribution in [-0.4, -0.2) is 30.5 Å². The fourth-order valence-electron chi connectivity index (χ4n) is 2.39. The summed E-state index contributed by atoms with van der Waals surface area (Å²) >= 11 is 0. The fourth-order valence-corrected chi connectivity index (χ4v) is 2.39. The molecule has 0 radical (unpaired) electrons.